The first-order valence-electron chi connectivity index (χ1n) is 10.5. The third kappa shape index (κ3) is 15.7. The van der Waals surface area contributed by atoms with Crippen LogP contribution in [0, 0.1) is 0 Å². The molecule has 0 amide bonds. The van der Waals surface area contributed by atoms with E-state index < -0.39 is 10.1 Å². The van der Waals surface area contributed by atoms with Gasteiger partial charge in [0.1, 0.15) is 0 Å². The average Bonchev–Trinajstić information content (AvgIpc) is 2.61. The van der Waals surface area contributed by atoms with Gasteiger partial charge < -0.3 is 4.55 Å². The Morgan fingerprint density at radius 2 is 1.26 bits per heavy atom. The fraction of sp³-hybridized carbons (Fsp3) is 0.727. The zero-order chi connectivity index (χ0) is 19.1. The fourth-order valence-electron chi connectivity index (χ4n) is 3.59. The summed E-state index contributed by atoms with van der Waals surface area (Å²) < 4.78 is 32.5. The molecule has 150 valence electrons. The van der Waals surface area contributed by atoms with Crippen LogP contribution in [0.25, 0.3) is 0 Å². The molecule has 0 aliphatic heterocycles. The van der Waals surface area contributed by atoms with E-state index in [-0.39, 0.29) is 35.3 Å². The molecule has 1 aromatic carbocycles. The Kier molecular flexibility index (Phi) is 17.1. The number of rotatable bonds is 16. The van der Waals surface area contributed by atoms with Crippen LogP contribution in [0.4, 0.5) is 0 Å². The maximum Gasteiger partial charge on any atom is 1.00 e. The predicted octanol–water partition coefficient (Wildman–Crippen LogP) is 3.41. The minimum atomic E-state index is -4.10. The van der Waals surface area contributed by atoms with Gasteiger partial charge in [0.05, 0.1) is 10.1 Å². The van der Waals surface area contributed by atoms with Crippen molar-refractivity contribution in [1.82, 2.24) is 0 Å². The van der Waals surface area contributed by atoms with Crippen molar-refractivity contribution in [3.8, 4) is 0 Å². The van der Waals surface area contributed by atoms with E-state index >= 15 is 0 Å². The molecule has 27 heavy (non-hydrogen) atoms. The van der Waals surface area contributed by atoms with Crippen molar-refractivity contribution >= 4 is 10.1 Å². The molecular formula is C22H37NaO3S. The van der Waals surface area contributed by atoms with E-state index in [0.29, 0.717) is 12.3 Å². The monoisotopic (exact) mass is 404 g/mol. The van der Waals surface area contributed by atoms with Crippen LogP contribution < -0.4 is 29.6 Å². The Morgan fingerprint density at radius 3 is 1.78 bits per heavy atom. The molecule has 5 heteroatoms. The quantitative estimate of drug-likeness (QED) is 0.241. The van der Waals surface area contributed by atoms with Crippen LogP contribution in [0.3, 0.4) is 0 Å². The maximum absolute atomic E-state index is 10.8. The summed E-state index contributed by atoms with van der Waals surface area (Å²) in [5.41, 5.74) is 1.27. The van der Waals surface area contributed by atoms with Crippen LogP contribution >= 0.6 is 0 Å². The Balaban J connectivity index is 0.00000676. The van der Waals surface area contributed by atoms with E-state index in [9.17, 15) is 13.0 Å². The number of unbranched alkanes of at least 4 members (excludes halogenated alkanes) is 9. The second kappa shape index (κ2) is 17.0. The van der Waals surface area contributed by atoms with Crippen LogP contribution in [-0.2, 0) is 10.1 Å². The van der Waals surface area contributed by atoms with Crippen molar-refractivity contribution in [3.05, 3.63) is 35.9 Å². The van der Waals surface area contributed by atoms with Crippen molar-refractivity contribution in [1.29, 1.82) is 0 Å². The second-order valence-electron chi connectivity index (χ2n) is 7.48. The molecule has 1 rings (SSSR count). The standard InChI is InChI=1S/C22H38O3S.Na/c1-2-3-4-5-6-7-8-9-10-12-16-22(19-15-20-26(23,24)25)21-17-13-11-14-18-21;/h11,13-14,17-18,22H,2-10,12,15-16,19-20H2,1H3,(H,23,24,25);/q;+1/p-1. The van der Waals surface area contributed by atoms with Gasteiger partial charge in [-0.15, -0.1) is 0 Å². The summed E-state index contributed by atoms with van der Waals surface area (Å²) in [6.45, 7) is 2.25. The summed E-state index contributed by atoms with van der Waals surface area (Å²) in [5.74, 6) is 0.126. The van der Waals surface area contributed by atoms with E-state index in [2.05, 4.69) is 19.1 Å². The minimum Gasteiger partial charge on any atom is -0.748 e. The van der Waals surface area contributed by atoms with E-state index in [1.807, 2.05) is 18.2 Å². The molecule has 0 N–H and O–H groups in total. The maximum atomic E-state index is 10.8. The first-order valence-corrected chi connectivity index (χ1v) is 12.1. The topological polar surface area (TPSA) is 57.2 Å². The third-order valence-electron chi connectivity index (χ3n) is 5.12. The van der Waals surface area contributed by atoms with Crippen molar-refractivity contribution in [3.63, 3.8) is 0 Å². The predicted molar refractivity (Wildman–Crippen MR) is 109 cm³/mol. The van der Waals surface area contributed by atoms with E-state index in [0.717, 1.165) is 12.8 Å². The van der Waals surface area contributed by atoms with E-state index in [4.69, 9.17) is 0 Å². The normalized spacial score (nSPS) is 12.5. The smallest absolute Gasteiger partial charge is 0.748 e. The van der Waals surface area contributed by atoms with Crippen molar-refractivity contribution < 1.29 is 42.5 Å². The summed E-state index contributed by atoms with van der Waals surface area (Å²) in [6, 6.07) is 10.3. The zero-order valence-electron chi connectivity index (χ0n) is 17.5. The van der Waals surface area contributed by atoms with Gasteiger partial charge in [-0.1, -0.05) is 101 Å². The van der Waals surface area contributed by atoms with Gasteiger partial charge in [0.25, 0.3) is 0 Å². The molecule has 0 heterocycles. The summed E-state index contributed by atoms with van der Waals surface area (Å²) in [4.78, 5) is 0. The molecule has 0 spiro atoms. The Morgan fingerprint density at radius 1 is 0.778 bits per heavy atom. The van der Waals surface area contributed by atoms with Crippen molar-refractivity contribution in [2.75, 3.05) is 5.75 Å². The van der Waals surface area contributed by atoms with Gasteiger partial charge in [-0.05, 0) is 30.7 Å². The summed E-state index contributed by atoms with van der Waals surface area (Å²) in [6.07, 6.45) is 15.5. The molecule has 0 fully saturated rings. The molecule has 3 nitrogen and oxygen atoms in total. The van der Waals surface area contributed by atoms with Crippen molar-refractivity contribution in [2.24, 2.45) is 0 Å². The molecule has 1 unspecified atom stereocenters. The molecular weight excluding hydrogens is 367 g/mol. The van der Waals surface area contributed by atoms with Crippen LogP contribution in [0.2, 0.25) is 0 Å². The van der Waals surface area contributed by atoms with Gasteiger partial charge in [-0.2, -0.15) is 0 Å². The van der Waals surface area contributed by atoms with Gasteiger partial charge in [0.2, 0.25) is 0 Å². The summed E-state index contributed by atoms with van der Waals surface area (Å²) >= 11 is 0. The molecule has 0 bridgehead atoms. The first kappa shape index (κ1) is 27.1. The SMILES string of the molecule is CCCCCCCCCCCCC(CCCS(=O)(=O)[O-])c1ccccc1.[Na+]. The van der Waals surface area contributed by atoms with Crippen LogP contribution in [0.15, 0.2) is 30.3 Å². The largest absolute Gasteiger partial charge is 1.00 e. The van der Waals surface area contributed by atoms with Crippen molar-refractivity contribution in [2.45, 2.75) is 96.3 Å². The molecule has 0 saturated carbocycles. The Bertz CT molecular complexity index is 546. The van der Waals surface area contributed by atoms with Crippen LogP contribution in [0.5, 0.6) is 0 Å². The average molecular weight is 405 g/mol. The van der Waals surface area contributed by atoms with Gasteiger partial charge >= 0.3 is 29.6 Å². The van der Waals surface area contributed by atoms with E-state index in [1.54, 1.807) is 0 Å². The number of benzene rings is 1. The van der Waals surface area contributed by atoms with E-state index in [1.165, 1.54) is 69.8 Å². The Hall–Kier alpha value is 0.130. The second-order valence-corrected chi connectivity index (χ2v) is 9.01. The molecule has 1 atom stereocenters. The van der Waals surface area contributed by atoms with Gasteiger partial charge in [-0.3, -0.25) is 0 Å². The molecule has 0 aliphatic rings. The zero-order valence-corrected chi connectivity index (χ0v) is 20.3. The summed E-state index contributed by atoms with van der Waals surface area (Å²) in [7, 11) is -4.10. The fourth-order valence-corrected chi connectivity index (χ4v) is 4.11. The molecule has 0 saturated heterocycles. The van der Waals surface area contributed by atoms with Crippen LogP contribution in [0.1, 0.15) is 102 Å². The molecule has 0 aliphatic carbocycles. The molecule has 0 aromatic heterocycles. The van der Waals surface area contributed by atoms with Crippen LogP contribution in [-0.4, -0.2) is 18.7 Å². The summed E-state index contributed by atoms with van der Waals surface area (Å²) in [5, 5.41) is 0. The molecule has 1 aromatic rings. The van der Waals surface area contributed by atoms with Gasteiger partial charge in [0, 0.05) is 5.75 Å². The molecule has 0 radical (unpaired) electrons. The number of hydrogen-bond acceptors (Lipinski definition) is 3. The third-order valence-corrected chi connectivity index (χ3v) is 5.91. The van der Waals surface area contributed by atoms with Gasteiger partial charge in [-0.25, -0.2) is 8.42 Å². The minimum absolute atomic E-state index is 0. The number of hydrogen-bond donors (Lipinski definition) is 0. The van der Waals surface area contributed by atoms with Gasteiger partial charge in [0.15, 0.2) is 0 Å². The first-order chi connectivity index (χ1) is 12.5. The Labute approximate surface area is 189 Å².